The maximum atomic E-state index is 13.3. The zero-order chi connectivity index (χ0) is 18.6. The molecule has 0 radical (unpaired) electrons. The van der Waals surface area contributed by atoms with Gasteiger partial charge in [-0.05, 0) is 36.8 Å². The number of carbonyl (C=O) groups is 1. The minimum Gasteiger partial charge on any atom is -0.386 e. The highest BCUT2D eigenvalue weighted by Gasteiger charge is 2.20. The van der Waals surface area contributed by atoms with Crippen LogP contribution in [0.4, 0.5) is 25.0 Å². The predicted molar refractivity (Wildman–Crippen MR) is 93.7 cm³/mol. The molecule has 2 amide bonds. The number of hydrogen-bond acceptors (Lipinski definition) is 3. The summed E-state index contributed by atoms with van der Waals surface area (Å²) in [6.45, 7) is 1.57. The zero-order valence-electron chi connectivity index (χ0n) is 14.3. The smallest absolute Gasteiger partial charge is 0.319 e. The van der Waals surface area contributed by atoms with Crippen LogP contribution in [0.25, 0.3) is 0 Å². The highest BCUT2D eigenvalue weighted by Crippen LogP contribution is 2.24. The minimum absolute atomic E-state index is 0.181. The van der Waals surface area contributed by atoms with Gasteiger partial charge in [0.1, 0.15) is 0 Å². The van der Waals surface area contributed by atoms with Crippen molar-refractivity contribution in [1.29, 1.82) is 0 Å². The molecule has 0 fully saturated rings. The standard InChI is InChI=1S/C18H21F2N3O2/c1-11(17(24)12-8-9-13(19)14(20)10-12)21-18(25)22-15-6-4-5-7-16(15)23(2)3/h4-11,17,24H,1-3H3,(H2,21,22,25). The van der Waals surface area contributed by atoms with Gasteiger partial charge in [-0.15, -0.1) is 0 Å². The van der Waals surface area contributed by atoms with Crippen LogP contribution in [0.5, 0.6) is 0 Å². The largest absolute Gasteiger partial charge is 0.386 e. The molecule has 0 saturated carbocycles. The summed E-state index contributed by atoms with van der Waals surface area (Å²) in [5.74, 6) is -2.04. The number of rotatable bonds is 5. The number of nitrogens with one attached hydrogen (secondary N) is 2. The maximum absolute atomic E-state index is 13.3. The summed E-state index contributed by atoms with van der Waals surface area (Å²) < 4.78 is 26.3. The van der Waals surface area contributed by atoms with Crippen LogP contribution in [0.15, 0.2) is 42.5 Å². The van der Waals surface area contributed by atoms with Crippen LogP contribution < -0.4 is 15.5 Å². The molecule has 0 spiro atoms. The van der Waals surface area contributed by atoms with E-state index < -0.39 is 29.8 Å². The molecular weight excluding hydrogens is 328 g/mol. The number of aliphatic hydroxyl groups excluding tert-OH is 1. The summed E-state index contributed by atoms with van der Waals surface area (Å²) in [7, 11) is 3.71. The first kappa shape index (κ1) is 18.7. The molecule has 0 aliphatic carbocycles. The molecule has 2 atom stereocenters. The van der Waals surface area contributed by atoms with Crippen LogP contribution in [-0.4, -0.2) is 31.3 Å². The molecule has 7 heteroatoms. The molecule has 2 aromatic carbocycles. The van der Waals surface area contributed by atoms with Crippen LogP contribution >= 0.6 is 0 Å². The Morgan fingerprint density at radius 2 is 1.80 bits per heavy atom. The first-order valence-electron chi connectivity index (χ1n) is 7.76. The van der Waals surface area contributed by atoms with Crippen molar-refractivity contribution in [3.8, 4) is 0 Å². The van der Waals surface area contributed by atoms with Crippen LogP contribution in [0.3, 0.4) is 0 Å². The molecule has 0 aliphatic heterocycles. The van der Waals surface area contributed by atoms with Crippen LogP contribution in [0, 0.1) is 11.6 Å². The second-order valence-electron chi connectivity index (χ2n) is 5.92. The Hall–Kier alpha value is -2.67. The van der Waals surface area contributed by atoms with Crippen molar-refractivity contribution in [3.05, 3.63) is 59.7 Å². The van der Waals surface area contributed by atoms with Gasteiger partial charge in [0, 0.05) is 14.1 Å². The van der Waals surface area contributed by atoms with E-state index in [0.29, 0.717) is 5.69 Å². The average Bonchev–Trinajstić information content (AvgIpc) is 2.56. The van der Waals surface area contributed by atoms with Crippen molar-refractivity contribution in [2.45, 2.75) is 19.1 Å². The van der Waals surface area contributed by atoms with E-state index in [9.17, 15) is 18.7 Å². The molecule has 134 valence electrons. The van der Waals surface area contributed by atoms with Gasteiger partial charge in [0.25, 0.3) is 0 Å². The van der Waals surface area contributed by atoms with Crippen LogP contribution in [0.2, 0.25) is 0 Å². The van der Waals surface area contributed by atoms with Gasteiger partial charge >= 0.3 is 6.03 Å². The molecule has 0 saturated heterocycles. The lowest BCUT2D eigenvalue weighted by atomic mass is 10.0. The number of urea groups is 1. The molecule has 2 rings (SSSR count). The Kier molecular flexibility index (Phi) is 5.93. The van der Waals surface area contributed by atoms with Gasteiger partial charge in [-0.3, -0.25) is 0 Å². The van der Waals surface area contributed by atoms with Crippen LogP contribution in [-0.2, 0) is 0 Å². The lowest BCUT2D eigenvalue weighted by Crippen LogP contribution is -2.40. The summed E-state index contributed by atoms with van der Waals surface area (Å²) in [5, 5.41) is 15.5. The zero-order valence-corrected chi connectivity index (χ0v) is 14.3. The predicted octanol–water partition coefficient (Wildman–Crippen LogP) is 3.27. The van der Waals surface area contributed by atoms with Crippen molar-refractivity contribution in [1.82, 2.24) is 5.32 Å². The topological polar surface area (TPSA) is 64.6 Å². The van der Waals surface area contributed by atoms with Gasteiger partial charge in [0.15, 0.2) is 11.6 Å². The lowest BCUT2D eigenvalue weighted by molar-refractivity contribution is 0.138. The number of nitrogens with zero attached hydrogens (tertiary/aromatic N) is 1. The Bertz CT molecular complexity index is 753. The molecule has 0 aliphatic rings. The summed E-state index contributed by atoms with van der Waals surface area (Å²) in [5.41, 5.74) is 1.62. The van der Waals surface area contributed by atoms with Gasteiger partial charge in [-0.25, -0.2) is 13.6 Å². The van der Waals surface area contributed by atoms with E-state index in [2.05, 4.69) is 10.6 Å². The Morgan fingerprint density at radius 1 is 1.12 bits per heavy atom. The van der Waals surface area contributed by atoms with Gasteiger partial charge in [-0.1, -0.05) is 18.2 Å². The Morgan fingerprint density at radius 3 is 2.44 bits per heavy atom. The second kappa shape index (κ2) is 7.94. The number of para-hydroxylation sites is 2. The van der Waals surface area contributed by atoms with E-state index in [1.807, 2.05) is 31.1 Å². The third-order valence-electron chi connectivity index (χ3n) is 3.75. The summed E-state index contributed by atoms with van der Waals surface area (Å²) in [6.07, 6.45) is -1.18. The minimum atomic E-state index is -1.18. The molecule has 0 bridgehead atoms. The quantitative estimate of drug-likeness (QED) is 0.776. The fourth-order valence-electron chi connectivity index (χ4n) is 2.40. The molecule has 3 N–H and O–H groups in total. The number of benzene rings is 2. The second-order valence-corrected chi connectivity index (χ2v) is 5.92. The van der Waals surface area contributed by atoms with E-state index in [1.165, 1.54) is 6.07 Å². The van der Waals surface area contributed by atoms with E-state index in [1.54, 1.807) is 19.1 Å². The summed E-state index contributed by atoms with van der Waals surface area (Å²) in [6, 6.07) is 9.17. The van der Waals surface area contributed by atoms with Gasteiger partial charge in [-0.2, -0.15) is 0 Å². The van der Waals surface area contributed by atoms with Crippen molar-refractivity contribution in [2.24, 2.45) is 0 Å². The molecular formula is C18H21F2N3O2. The highest BCUT2D eigenvalue weighted by atomic mass is 19.2. The number of amides is 2. The van der Waals surface area contributed by atoms with Crippen molar-refractivity contribution < 1.29 is 18.7 Å². The highest BCUT2D eigenvalue weighted by molar-refractivity contribution is 5.93. The maximum Gasteiger partial charge on any atom is 0.319 e. The Labute approximate surface area is 145 Å². The normalized spacial score (nSPS) is 13.0. The van der Waals surface area contributed by atoms with E-state index >= 15 is 0 Å². The Balaban J connectivity index is 2.03. The lowest BCUT2D eigenvalue weighted by Gasteiger charge is -2.22. The number of carbonyl (C=O) groups excluding carboxylic acids is 1. The fourth-order valence-corrected chi connectivity index (χ4v) is 2.40. The van der Waals surface area contributed by atoms with Crippen molar-refractivity contribution >= 4 is 17.4 Å². The van der Waals surface area contributed by atoms with Gasteiger partial charge < -0.3 is 20.6 Å². The van der Waals surface area contributed by atoms with Crippen molar-refractivity contribution in [2.75, 3.05) is 24.3 Å². The third kappa shape index (κ3) is 4.67. The summed E-state index contributed by atoms with van der Waals surface area (Å²) >= 11 is 0. The summed E-state index contributed by atoms with van der Waals surface area (Å²) in [4.78, 5) is 14.0. The average molecular weight is 349 g/mol. The molecule has 5 nitrogen and oxygen atoms in total. The number of hydrogen-bond donors (Lipinski definition) is 3. The SMILES string of the molecule is CC(NC(=O)Nc1ccccc1N(C)C)C(O)c1ccc(F)c(F)c1. The van der Waals surface area contributed by atoms with Gasteiger partial charge in [0.2, 0.25) is 0 Å². The molecule has 2 aromatic rings. The third-order valence-corrected chi connectivity index (χ3v) is 3.75. The first-order valence-corrected chi connectivity index (χ1v) is 7.76. The van der Waals surface area contributed by atoms with Gasteiger partial charge in [0.05, 0.1) is 23.5 Å². The number of aliphatic hydroxyl groups is 1. The molecule has 25 heavy (non-hydrogen) atoms. The fraction of sp³-hybridized carbons (Fsp3) is 0.278. The van der Waals surface area contributed by atoms with E-state index in [-0.39, 0.29) is 5.56 Å². The number of halogens is 2. The van der Waals surface area contributed by atoms with E-state index in [0.717, 1.165) is 17.8 Å². The molecule has 2 unspecified atom stereocenters. The first-order chi connectivity index (χ1) is 11.8. The van der Waals surface area contributed by atoms with Crippen molar-refractivity contribution in [3.63, 3.8) is 0 Å². The monoisotopic (exact) mass is 349 g/mol. The number of anilines is 2. The molecule has 0 heterocycles. The van der Waals surface area contributed by atoms with Crippen LogP contribution in [0.1, 0.15) is 18.6 Å². The van der Waals surface area contributed by atoms with E-state index in [4.69, 9.17) is 0 Å². The molecule has 0 aromatic heterocycles.